The maximum absolute atomic E-state index is 13.0. The van der Waals surface area contributed by atoms with Gasteiger partial charge in [-0.3, -0.25) is 14.4 Å². The zero-order chi connectivity index (χ0) is 25.7. The molecule has 0 spiro atoms. The van der Waals surface area contributed by atoms with Crippen LogP contribution >= 0.6 is 0 Å². The number of phenolic OH excluding ortho intramolecular Hbond substituents is 1. The van der Waals surface area contributed by atoms with Crippen molar-refractivity contribution in [2.24, 2.45) is 0 Å². The standard InChI is InChI=1S/C25H34N6O4/c1-15-23(33)17(14-26-10-6-12-30(2)3)20-22(24(15)34)29-19-16(8-9-18(32)21(19)28-20)25(35)27-11-7-13-31(4)5/h8-9,14,26,29,33H,6-7,10-13H2,1-5H3,(H,27,35)/b17-14-. The maximum Gasteiger partial charge on any atom is 0.253 e. The third-order valence-corrected chi connectivity index (χ3v) is 5.77. The number of nitrogens with zero attached hydrogens (tertiary/aromatic N) is 3. The lowest BCUT2D eigenvalue weighted by Gasteiger charge is -2.12. The number of carbonyl (C=O) groups excluding carboxylic acids is 1. The van der Waals surface area contributed by atoms with E-state index in [1.807, 2.05) is 33.1 Å². The fraction of sp³-hybridized carbons (Fsp3) is 0.440. The minimum Gasteiger partial charge on any atom is -0.507 e. The van der Waals surface area contributed by atoms with Gasteiger partial charge >= 0.3 is 0 Å². The number of benzene rings is 2. The van der Waals surface area contributed by atoms with Crippen molar-refractivity contribution in [3.8, 4) is 5.75 Å². The average molecular weight is 483 g/mol. The second kappa shape index (κ2) is 11.3. The molecule has 188 valence electrons. The van der Waals surface area contributed by atoms with Crippen molar-refractivity contribution in [3.63, 3.8) is 0 Å². The lowest BCUT2D eigenvalue weighted by molar-refractivity contribution is 0.0953. The Bertz CT molecular complexity index is 1400. The van der Waals surface area contributed by atoms with Crippen LogP contribution in [0.3, 0.4) is 0 Å². The molecular formula is C25H34N6O4. The number of aromatic amines is 1. The van der Waals surface area contributed by atoms with Crippen molar-refractivity contribution in [1.82, 2.24) is 30.4 Å². The van der Waals surface area contributed by atoms with E-state index < -0.39 is 5.43 Å². The zero-order valence-corrected chi connectivity index (χ0v) is 21.0. The quantitative estimate of drug-likeness (QED) is 0.237. The van der Waals surface area contributed by atoms with E-state index in [1.165, 1.54) is 19.1 Å². The molecule has 35 heavy (non-hydrogen) atoms. The molecule has 1 amide bonds. The molecule has 1 aromatic heterocycles. The number of hydrogen-bond donors (Lipinski definition) is 4. The lowest BCUT2D eigenvalue weighted by atomic mass is 10.1. The van der Waals surface area contributed by atoms with Crippen molar-refractivity contribution in [3.05, 3.63) is 48.9 Å². The topological polar surface area (TPSA) is 131 Å². The Balaban J connectivity index is 2.09. The van der Waals surface area contributed by atoms with Gasteiger partial charge in [-0.2, -0.15) is 0 Å². The summed E-state index contributed by atoms with van der Waals surface area (Å²) in [5, 5.41) is 17.0. The number of nitrogens with one attached hydrogen (secondary N) is 3. The summed E-state index contributed by atoms with van der Waals surface area (Å²) in [5.74, 6) is -0.548. The molecule has 0 fully saturated rings. The van der Waals surface area contributed by atoms with Gasteiger partial charge in [0, 0.05) is 24.9 Å². The number of H-pyrrole nitrogens is 1. The number of rotatable bonds is 10. The number of fused-ring (bicyclic) bond motifs is 2. The molecule has 0 atom stereocenters. The fourth-order valence-electron chi connectivity index (χ4n) is 3.82. The van der Waals surface area contributed by atoms with E-state index in [2.05, 4.69) is 25.5 Å². The SMILES string of the molecule is Cc1c(O)/c(=C\NCCCN(C)C)c2nc3c(=O)ccc(C(=O)NCCCN(C)C)c3[nH]c2c1=O. The van der Waals surface area contributed by atoms with Crippen molar-refractivity contribution in [2.45, 2.75) is 19.8 Å². The first-order valence-electron chi connectivity index (χ1n) is 11.6. The highest BCUT2D eigenvalue weighted by Crippen LogP contribution is 2.17. The van der Waals surface area contributed by atoms with Crippen molar-refractivity contribution >= 4 is 34.2 Å². The molecule has 0 radical (unpaired) electrons. The summed E-state index contributed by atoms with van der Waals surface area (Å²) in [4.78, 5) is 50.0. The molecular weight excluding hydrogens is 448 g/mol. The molecule has 4 N–H and O–H groups in total. The van der Waals surface area contributed by atoms with Gasteiger partial charge in [-0.25, -0.2) is 4.98 Å². The van der Waals surface area contributed by atoms with Crippen LogP contribution in [-0.2, 0) is 0 Å². The monoisotopic (exact) mass is 482 g/mol. The second-order valence-electron chi connectivity index (χ2n) is 9.18. The summed E-state index contributed by atoms with van der Waals surface area (Å²) < 4.78 is 0. The molecule has 0 aliphatic rings. The van der Waals surface area contributed by atoms with Crippen molar-refractivity contribution in [2.75, 3.05) is 54.4 Å². The molecule has 1 heterocycles. The Morgan fingerprint density at radius 2 is 1.69 bits per heavy atom. The highest BCUT2D eigenvalue weighted by molar-refractivity contribution is 6.06. The average Bonchev–Trinajstić information content (AvgIpc) is 2.81. The summed E-state index contributed by atoms with van der Waals surface area (Å²) >= 11 is 0. The first kappa shape index (κ1) is 26.1. The van der Waals surface area contributed by atoms with Gasteiger partial charge in [-0.15, -0.1) is 0 Å². The third kappa shape index (κ3) is 5.95. The van der Waals surface area contributed by atoms with E-state index in [0.29, 0.717) is 18.3 Å². The Morgan fingerprint density at radius 1 is 1.03 bits per heavy atom. The molecule has 2 aromatic carbocycles. The molecule has 0 saturated carbocycles. The van der Waals surface area contributed by atoms with Crippen LogP contribution < -0.4 is 26.7 Å². The Hall–Kier alpha value is -3.50. The fourth-order valence-corrected chi connectivity index (χ4v) is 3.82. The van der Waals surface area contributed by atoms with Gasteiger partial charge in [0.2, 0.25) is 10.9 Å². The highest BCUT2D eigenvalue weighted by Gasteiger charge is 2.18. The van der Waals surface area contributed by atoms with Crippen LogP contribution in [0.2, 0.25) is 0 Å². The second-order valence-corrected chi connectivity index (χ2v) is 9.18. The number of hydrogen-bond acceptors (Lipinski definition) is 8. The molecule has 10 nitrogen and oxygen atoms in total. The molecule has 10 heteroatoms. The van der Waals surface area contributed by atoms with Crippen molar-refractivity contribution in [1.29, 1.82) is 0 Å². The molecule has 0 bridgehead atoms. The third-order valence-electron chi connectivity index (χ3n) is 5.77. The largest absolute Gasteiger partial charge is 0.507 e. The number of aromatic nitrogens is 2. The number of aromatic hydroxyl groups is 1. The highest BCUT2D eigenvalue weighted by atomic mass is 16.3. The first-order chi connectivity index (χ1) is 16.6. The number of phenols is 1. The van der Waals surface area contributed by atoms with E-state index in [0.717, 1.165) is 25.9 Å². The summed E-state index contributed by atoms with van der Waals surface area (Å²) in [6.07, 6.45) is 3.25. The van der Waals surface area contributed by atoms with Crippen LogP contribution in [0.5, 0.6) is 5.75 Å². The van der Waals surface area contributed by atoms with Gasteiger partial charge in [0.1, 0.15) is 22.3 Å². The zero-order valence-electron chi connectivity index (χ0n) is 21.0. The van der Waals surface area contributed by atoms with Crippen LogP contribution in [0, 0.1) is 6.92 Å². The molecule has 3 aromatic rings. The van der Waals surface area contributed by atoms with Gasteiger partial charge < -0.3 is 30.5 Å². The Labute approximate surface area is 203 Å². The predicted molar refractivity (Wildman–Crippen MR) is 139 cm³/mol. The maximum atomic E-state index is 13.0. The van der Waals surface area contributed by atoms with E-state index in [-0.39, 0.29) is 50.3 Å². The summed E-state index contributed by atoms with van der Waals surface area (Å²) in [5.41, 5.74) is 0.0869. The van der Waals surface area contributed by atoms with Crippen LogP contribution in [-0.4, -0.2) is 85.2 Å². The predicted octanol–water partition coefficient (Wildman–Crippen LogP) is 0.130. The minimum absolute atomic E-state index is 0.0309. The summed E-state index contributed by atoms with van der Waals surface area (Å²) in [6, 6.07) is 2.73. The first-order valence-corrected chi connectivity index (χ1v) is 11.6. The molecule has 0 saturated heterocycles. The van der Waals surface area contributed by atoms with Crippen LogP contribution in [0.15, 0.2) is 21.7 Å². The Morgan fingerprint density at radius 3 is 2.34 bits per heavy atom. The van der Waals surface area contributed by atoms with E-state index in [9.17, 15) is 19.5 Å². The molecule has 3 rings (SSSR count). The lowest BCUT2D eigenvalue weighted by Crippen LogP contribution is -2.28. The van der Waals surface area contributed by atoms with E-state index in [4.69, 9.17) is 0 Å². The van der Waals surface area contributed by atoms with Gasteiger partial charge in [0.05, 0.1) is 16.3 Å². The van der Waals surface area contributed by atoms with Gasteiger partial charge in [-0.1, -0.05) is 0 Å². The van der Waals surface area contributed by atoms with Crippen LogP contribution in [0.4, 0.5) is 0 Å². The van der Waals surface area contributed by atoms with Crippen LogP contribution in [0.25, 0.3) is 28.3 Å². The molecule has 0 aliphatic heterocycles. The number of carbonyl (C=O) groups is 1. The molecule has 0 unspecified atom stereocenters. The minimum atomic E-state index is -0.440. The summed E-state index contributed by atoms with van der Waals surface area (Å²) in [7, 11) is 7.89. The summed E-state index contributed by atoms with van der Waals surface area (Å²) in [6.45, 7) is 4.36. The van der Waals surface area contributed by atoms with E-state index in [1.54, 1.807) is 6.20 Å². The van der Waals surface area contributed by atoms with Crippen LogP contribution in [0.1, 0.15) is 28.8 Å². The Kier molecular flexibility index (Phi) is 8.42. The number of amides is 1. The van der Waals surface area contributed by atoms with Gasteiger partial charge in [-0.05, 0) is 73.2 Å². The van der Waals surface area contributed by atoms with E-state index >= 15 is 0 Å². The van der Waals surface area contributed by atoms with Gasteiger partial charge in [0.15, 0.2) is 0 Å². The normalized spacial score (nSPS) is 12.3. The van der Waals surface area contributed by atoms with Crippen molar-refractivity contribution < 1.29 is 9.90 Å². The smallest absolute Gasteiger partial charge is 0.253 e. The van der Waals surface area contributed by atoms with Gasteiger partial charge in [0.25, 0.3) is 5.91 Å². The molecule has 0 aliphatic carbocycles.